The second kappa shape index (κ2) is 7.82. The fourth-order valence-corrected chi connectivity index (χ4v) is 2.56. The molecule has 0 saturated carbocycles. The average Bonchev–Trinajstić information content (AvgIpc) is 2.52. The predicted octanol–water partition coefficient (Wildman–Crippen LogP) is 5.01. The molecule has 0 saturated heterocycles. The number of ether oxygens (including phenoxy) is 2. The maximum absolute atomic E-state index is 11.3. The summed E-state index contributed by atoms with van der Waals surface area (Å²) in [5.41, 5.74) is 3.14. The Labute approximate surface area is 138 Å². The van der Waals surface area contributed by atoms with Crippen LogP contribution in [0.25, 0.3) is 0 Å². The summed E-state index contributed by atoms with van der Waals surface area (Å²) in [7, 11) is 0. The zero-order valence-corrected chi connectivity index (χ0v) is 14.2. The fourth-order valence-electron chi connectivity index (χ4n) is 2.56. The van der Waals surface area contributed by atoms with E-state index in [0.29, 0.717) is 12.5 Å². The highest BCUT2D eigenvalue weighted by Crippen LogP contribution is 2.35. The molecule has 3 heteroatoms. The van der Waals surface area contributed by atoms with Gasteiger partial charge in [0.05, 0.1) is 0 Å². The molecule has 0 spiro atoms. The van der Waals surface area contributed by atoms with E-state index in [-0.39, 0.29) is 12.1 Å². The Kier molecular flexibility index (Phi) is 5.80. The van der Waals surface area contributed by atoms with E-state index < -0.39 is 0 Å². The first-order valence-electron chi connectivity index (χ1n) is 7.95. The topological polar surface area (TPSA) is 35.5 Å². The van der Waals surface area contributed by atoms with Crippen LogP contribution in [0.2, 0.25) is 0 Å². The van der Waals surface area contributed by atoms with E-state index in [0.717, 1.165) is 22.4 Å². The van der Waals surface area contributed by atoms with E-state index in [4.69, 9.17) is 9.47 Å². The number of esters is 1. The van der Waals surface area contributed by atoms with E-state index >= 15 is 0 Å². The Balaban J connectivity index is 2.31. The lowest BCUT2D eigenvalue weighted by atomic mass is 9.97. The Bertz CT molecular complexity index is 647. The highest BCUT2D eigenvalue weighted by molar-refractivity contribution is 5.66. The Hall–Kier alpha value is -2.29. The highest BCUT2D eigenvalue weighted by atomic mass is 16.5. The van der Waals surface area contributed by atoms with E-state index in [9.17, 15) is 4.79 Å². The molecule has 0 aliphatic carbocycles. The summed E-state index contributed by atoms with van der Waals surface area (Å²) in [5.74, 6) is 0.854. The van der Waals surface area contributed by atoms with Crippen molar-refractivity contribution >= 4 is 5.97 Å². The summed E-state index contributed by atoms with van der Waals surface area (Å²) in [4.78, 5) is 11.3. The van der Waals surface area contributed by atoms with Gasteiger partial charge in [0.2, 0.25) is 0 Å². The van der Waals surface area contributed by atoms with Gasteiger partial charge in [-0.2, -0.15) is 0 Å². The SMILES string of the molecule is CC(=O)OC(C)c1cccc(C(C)C)c1OCc1ccccc1. The van der Waals surface area contributed by atoms with Gasteiger partial charge in [0.15, 0.2) is 0 Å². The molecule has 122 valence electrons. The van der Waals surface area contributed by atoms with Crippen molar-refractivity contribution < 1.29 is 14.3 Å². The molecular formula is C20H24O3. The minimum Gasteiger partial charge on any atom is -0.488 e. The lowest BCUT2D eigenvalue weighted by Crippen LogP contribution is -2.09. The molecule has 0 aromatic heterocycles. The first-order chi connectivity index (χ1) is 11.0. The summed E-state index contributed by atoms with van der Waals surface area (Å²) in [5, 5.41) is 0. The Morgan fingerprint density at radius 2 is 1.61 bits per heavy atom. The van der Waals surface area contributed by atoms with Crippen molar-refractivity contribution in [1.29, 1.82) is 0 Å². The van der Waals surface area contributed by atoms with E-state index in [2.05, 4.69) is 19.9 Å². The van der Waals surface area contributed by atoms with Crippen LogP contribution in [0.3, 0.4) is 0 Å². The van der Waals surface area contributed by atoms with E-state index in [1.165, 1.54) is 6.92 Å². The van der Waals surface area contributed by atoms with Gasteiger partial charge < -0.3 is 9.47 Å². The van der Waals surface area contributed by atoms with Crippen molar-refractivity contribution in [3.8, 4) is 5.75 Å². The van der Waals surface area contributed by atoms with Crippen LogP contribution >= 0.6 is 0 Å². The molecule has 0 fully saturated rings. The van der Waals surface area contributed by atoms with Crippen LogP contribution in [-0.4, -0.2) is 5.97 Å². The standard InChI is InChI=1S/C20H24O3/c1-14(2)18-11-8-12-19(15(3)23-16(4)21)20(18)22-13-17-9-6-5-7-10-17/h5-12,14-15H,13H2,1-4H3. The number of carbonyl (C=O) groups excluding carboxylic acids is 1. The number of para-hydroxylation sites is 1. The molecule has 0 aliphatic rings. The van der Waals surface area contributed by atoms with Crippen molar-refractivity contribution in [2.75, 3.05) is 0 Å². The van der Waals surface area contributed by atoms with Crippen LogP contribution in [0.5, 0.6) is 5.75 Å². The van der Waals surface area contributed by atoms with Crippen molar-refractivity contribution in [3.63, 3.8) is 0 Å². The van der Waals surface area contributed by atoms with Gasteiger partial charge in [0.1, 0.15) is 18.5 Å². The third-order valence-corrected chi connectivity index (χ3v) is 3.70. The zero-order valence-electron chi connectivity index (χ0n) is 14.2. The van der Waals surface area contributed by atoms with Crippen molar-refractivity contribution in [2.45, 2.75) is 46.3 Å². The third kappa shape index (κ3) is 4.59. The van der Waals surface area contributed by atoms with E-state index in [1.807, 2.05) is 49.4 Å². The van der Waals surface area contributed by atoms with Crippen LogP contribution in [-0.2, 0) is 16.1 Å². The van der Waals surface area contributed by atoms with Crippen molar-refractivity contribution in [3.05, 3.63) is 65.2 Å². The first-order valence-corrected chi connectivity index (χ1v) is 7.95. The van der Waals surface area contributed by atoms with Gasteiger partial charge in [0, 0.05) is 12.5 Å². The number of rotatable bonds is 6. The Morgan fingerprint density at radius 1 is 0.957 bits per heavy atom. The molecule has 0 bridgehead atoms. The highest BCUT2D eigenvalue weighted by Gasteiger charge is 2.19. The van der Waals surface area contributed by atoms with Crippen molar-refractivity contribution in [1.82, 2.24) is 0 Å². The van der Waals surface area contributed by atoms with Crippen LogP contribution < -0.4 is 4.74 Å². The minimum absolute atomic E-state index is 0.290. The van der Waals surface area contributed by atoms with Gasteiger partial charge in [-0.05, 0) is 24.0 Å². The van der Waals surface area contributed by atoms with Gasteiger partial charge in [-0.3, -0.25) is 4.79 Å². The second-order valence-electron chi connectivity index (χ2n) is 5.95. The van der Waals surface area contributed by atoms with Gasteiger partial charge in [-0.15, -0.1) is 0 Å². The molecule has 0 heterocycles. The number of benzene rings is 2. The van der Waals surface area contributed by atoms with Gasteiger partial charge >= 0.3 is 5.97 Å². The quantitative estimate of drug-likeness (QED) is 0.703. The molecule has 1 unspecified atom stereocenters. The maximum Gasteiger partial charge on any atom is 0.303 e. The van der Waals surface area contributed by atoms with E-state index in [1.54, 1.807) is 0 Å². The van der Waals surface area contributed by atoms with Crippen LogP contribution in [0.1, 0.15) is 56.4 Å². The Morgan fingerprint density at radius 3 is 2.22 bits per heavy atom. The van der Waals surface area contributed by atoms with Crippen molar-refractivity contribution in [2.24, 2.45) is 0 Å². The van der Waals surface area contributed by atoms with Crippen LogP contribution in [0.15, 0.2) is 48.5 Å². The summed E-state index contributed by atoms with van der Waals surface area (Å²) < 4.78 is 11.5. The molecule has 2 aromatic rings. The fraction of sp³-hybridized carbons (Fsp3) is 0.350. The van der Waals surface area contributed by atoms with Gasteiger partial charge in [-0.25, -0.2) is 0 Å². The lowest BCUT2D eigenvalue weighted by Gasteiger charge is -2.21. The van der Waals surface area contributed by atoms with Gasteiger partial charge in [-0.1, -0.05) is 62.4 Å². The smallest absolute Gasteiger partial charge is 0.303 e. The molecule has 0 N–H and O–H groups in total. The minimum atomic E-state index is -0.336. The monoisotopic (exact) mass is 312 g/mol. The largest absolute Gasteiger partial charge is 0.488 e. The van der Waals surface area contributed by atoms with Gasteiger partial charge in [0.25, 0.3) is 0 Å². The molecule has 1 atom stereocenters. The summed E-state index contributed by atoms with van der Waals surface area (Å²) >= 11 is 0. The first kappa shape index (κ1) is 17.1. The molecule has 0 amide bonds. The molecule has 2 rings (SSSR count). The summed E-state index contributed by atoms with van der Waals surface area (Å²) in [6, 6.07) is 16.1. The third-order valence-electron chi connectivity index (χ3n) is 3.70. The molecule has 0 radical (unpaired) electrons. The van der Waals surface area contributed by atoms with Crippen LogP contribution in [0.4, 0.5) is 0 Å². The molecular weight excluding hydrogens is 288 g/mol. The van der Waals surface area contributed by atoms with Crippen LogP contribution in [0, 0.1) is 0 Å². The average molecular weight is 312 g/mol. The normalized spacial score (nSPS) is 12.0. The molecule has 0 aliphatic heterocycles. The lowest BCUT2D eigenvalue weighted by molar-refractivity contribution is -0.145. The number of hydrogen-bond acceptors (Lipinski definition) is 3. The maximum atomic E-state index is 11.3. The molecule has 23 heavy (non-hydrogen) atoms. The number of carbonyl (C=O) groups is 1. The molecule has 2 aromatic carbocycles. The molecule has 3 nitrogen and oxygen atoms in total. The summed E-state index contributed by atoms with van der Waals surface area (Å²) in [6.07, 6.45) is -0.336. The summed E-state index contributed by atoms with van der Waals surface area (Å²) in [6.45, 7) is 8.05. The number of hydrogen-bond donors (Lipinski definition) is 0. The second-order valence-corrected chi connectivity index (χ2v) is 5.95. The zero-order chi connectivity index (χ0) is 16.8. The predicted molar refractivity (Wildman–Crippen MR) is 91.5 cm³/mol.